The Bertz CT molecular complexity index is 659. The van der Waals surface area contributed by atoms with Crippen molar-refractivity contribution in [2.24, 2.45) is 0 Å². The normalized spacial score (nSPS) is 10.2. The fourth-order valence-electron chi connectivity index (χ4n) is 2.42. The molecule has 0 saturated carbocycles. The van der Waals surface area contributed by atoms with E-state index >= 15 is 0 Å². The monoisotopic (exact) mass is 342 g/mol. The highest BCUT2D eigenvalue weighted by Gasteiger charge is 2.05. The first-order valence-electron chi connectivity index (χ1n) is 8.52. The summed E-state index contributed by atoms with van der Waals surface area (Å²) in [5.41, 5.74) is 2.39. The lowest BCUT2D eigenvalue weighted by Gasteiger charge is -2.12. The smallest absolute Gasteiger partial charge is 0.314 e. The van der Waals surface area contributed by atoms with Crippen LogP contribution in [0.3, 0.4) is 0 Å². The van der Waals surface area contributed by atoms with E-state index in [1.165, 1.54) is 5.56 Å². The average molecular weight is 342 g/mol. The summed E-state index contributed by atoms with van der Waals surface area (Å²) in [6.07, 6.45) is 1.87. The minimum Gasteiger partial charge on any atom is -0.493 e. The van der Waals surface area contributed by atoms with Gasteiger partial charge in [0, 0.05) is 6.54 Å². The molecule has 0 aliphatic heterocycles. The number of carbonyl (C=O) groups excluding carboxylic acids is 1. The van der Waals surface area contributed by atoms with Gasteiger partial charge in [-0.3, -0.25) is 0 Å². The van der Waals surface area contributed by atoms with Crippen molar-refractivity contribution in [2.45, 2.75) is 19.8 Å². The Hall–Kier alpha value is -2.69. The number of aryl methyl sites for hydroxylation is 2. The number of amides is 2. The zero-order valence-corrected chi connectivity index (χ0v) is 14.9. The molecule has 2 N–H and O–H groups in total. The molecule has 0 radical (unpaired) electrons. The van der Waals surface area contributed by atoms with Gasteiger partial charge in [0.2, 0.25) is 0 Å². The van der Waals surface area contributed by atoms with Gasteiger partial charge in [-0.05, 0) is 43.0 Å². The maximum absolute atomic E-state index is 11.7. The Kier molecular flexibility index (Phi) is 7.63. The van der Waals surface area contributed by atoms with E-state index in [1.807, 2.05) is 43.3 Å². The molecule has 2 rings (SSSR count). The van der Waals surface area contributed by atoms with Crippen LogP contribution in [0.25, 0.3) is 0 Å². The van der Waals surface area contributed by atoms with E-state index in [-0.39, 0.29) is 6.03 Å². The van der Waals surface area contributed by atoms with E-state index in [0.717, 1.165) is 18.4 Å². The number of methoxy groups -OCH3 is 1. The first-order valence-corrected chi connectivity index (χ1v) is 8.52. The van der Waals surface area contributed by atoms with E-state index < -0.39 is 0 Å². The number of hydrogen-bond donors (Lipinski definition) is 2. The summed E-state index contributed by atoms with van der Waals surface area (Å²) in [5.74, 6) is 1.38. The van der Waals surface area contributed by atoms with Crippen LogP contribution < -0.4 is 20.1 Å². The van der Waals surface area contributed by atoms with Crippen molar-refractivity contribution in [3.63, 3.8) is 0 Å². The van der Waals surface area contributed by atoms with Crippen LogP contribution in [0.4, 0.5) is 4.79 Å². The summed E-state index contributed by atoms with van der Waals surface area (Å²) in [6, 6.07) is 15.8. The van der Waals surface area contributed by atoms with E-state index in [2.05, 4.69) is 22.8 Å². The highest BCUT2D eigenvalue weighted by atomic mass is 16.5. The standard InChI is InChI=1S/C20H26N2O3/c1-16-10-11-18(19(15-16)24-2)25-14-13-22-20(23)21-12-6-9-17-7-4-3-5-8-17/h3-5,7-8,10-11,15H,6,9,12-14H2,1-2H3,(H2,21,22,23). The summed E-state index contributed by atoms with van der Waals surface area (Å²) in [4.78, 5) is 11.7. The molecule has 0 fully saturated rings. The van der Waals surface area contributed by atoms with Crippen LogP contribution in [0.15, 0.2) is 48.5 Å². The minimum atomic E-state index is -0.174. The van der Waals surface area contributed by atoms with Crippen molar-refractivity contribution in [3.05, 3.63) is 59.7 Å². The van der Waals surface area contributed by atoms with Crippen molar-refractivity contribution in [2.75, 3.05) is 26.8 Å². The van der Waals surface area contributed by atoms with Crippen LogP contribution in [0, 0.1) is 6.92 Å². The Morgan fingerprint density at radius 3 is 2.52 bits per heavy atom. The lowest BCUT2D eigenvalue weighted by Crippen LogP contribution is -2.38. The number of carbonyl (C=O) groups is 1. The van der Waals surface area contributed by atoms with Crippen LogP contribution in [-0.4, -0.2) is 32.8 Å². The Balaban J connectivity index is 1.58. The van der Waals surface area contributed by atoms with Crippen LogP contribution in [-0.2, 0) is 6.42 Å². The third kappa shape index (κ3) is 6.75. The van der Waals surface area contributed by atoms with Gasteiger partial charge < -0.3 is 20.1 Å². The Morgan fingerprint density at radius 1 is 1.00 bits per heavy atom. The summed E-state index contributed by atoms with van der Waals surface area (Å²) in [7, 11) is 1.61. The van der Waals surface area contributed by atoms with Gasteiger partial charge in [-0.2, -0.15) is 0 Å². The van der Waals surface area contributed by atoms with Gasteiger partial charge in [0.15, 0.2) is 11.5 Å². The van der Waals surface area contributed by atoms with Crippen molar-refractivity contribution < 1.29 is 14.3 Å². The van der Waals surface area contributed by atoms with Crippen molar-refractivity contribution >= 4 is 6.03 Å². The molecule has 0 spiro atoms. The molecular weight excluding hydrogens is 316 g/mol. The second kappa shape index (κ2) is 10.2. The summed E-state index contributed by atoms with van der Waals surface area (Å²) < 4.78 is 10.9. The van der Waals surface area contributed by atoms with Crippen molar-refractivity contribution in [3.8, 4) is 11.5 Å². The Labute approximate surface area is 149 Å². The quantitative estimate of drug-likeness (QED) is 0.687. The summed E-state index contributed by atoms with van der Waals surface area (Å²) in [6.45, 7) is 3.46. The maximum Gasteiger partial charge on any atom is 0.314 e. The maximum atomic E-state index is 11.7. The molecule has 2 amide bonds. The van der Waals surface area contributed by atoms with Gasteiger partial charge >= 0.3 is 6.03 Å². The number of benzene rings is 2. The molecule has 0 aromatic heterocycles. The number of urea groups is 1. The molecule has 0 aliphatic carbocycles. The van der Waals surface area contributed by atoms with Crippen LogP contribution in [0.1, 0.15) is 17.5 Å². The highest BCUT2D eigenvalue weighted by molar-refractivity contribution is 5.73. The molecule has 0 unspecified atom stereocenters. The van der Waals surface area contributed by atoms with Gasteiger partial charge in [0.25, 0.3) is 0 Å². The van der Waals surface area contributed by atoms with Gasteiger partial charge in [-0.1, -0.05) is 36.4 Å². The minimum absolute atomic E-state index is 0.174. The molecule has 5 nitrogen and oxygen atoms in total. The predicted molar refractivity (Wildman–Crippen MR) is 99.4 cm³/mol. The van der Waals surface area contributed by atoms with E-state index in [0.29, 0.717) is 31.2 Å². The van der Waals surface area contributed by atoms with Gasteiger partial charge in [-0.15, -0.1) is 0 Å². The van der Waals surface area contributed by atoms with Gasteiger partial charge in [-0.25, -0.2) is 4.79 Å². The molecule has 0 saturated heterocycles. The first-order chi connectivity index (χ1) is 12.2. The zero-order valence-electron chi connectivity index (χ0n) is 14.9. The fourth-order valence-corrected chi connectivity index (χ4v) is 2.42. The number of hydrogen-bond acceptors (Lipinski definition) is 3. The van der Waals surface area contributed by atoms with Gasteiger partial charge in [0.1, 0.15) is 6.61 Å². The second-order valence-electron chi connectivity index (χ2n) is 5.77. The largest absolute Gasteiger partial charge is 0.493 e. The third-order valence-corrected chi connectivity index (χ3v) is 3.73. The molecule has 25 heavy (non-hydrogen) atoms. The molecule has 0 aliphatic rings. The van der Waals surface area contributed by atoms with Crippen LogP contribution >= 0.6 is 0 Å². The molecule has 134 valence electrons. The number of ether oxygens (including phenoxy) is 2. The van der Waals surface area contributed by atoms with Crippen molar-refractivity contribution in [1.29, 1.82) is 0 Å². The van der Waals surface area contributed by atoms with E-state index in [9.17, 15) is 4.79 Å². The van der Waals surface area contributed by atoms with Gasteiger partial charge in [0.05, 0.1) is 13.7 Å². The van der Waals surface area contributed by atoms with Crippen LogP contribution in [0.2, 0.25) is 0 Å². The zero-order chi connectivity index (χ0) is 17.9. The SMILES string of the molecule is COc1cc(C)ccc1OCCNC(=O)NCCCc1ccccc1. The molecular formula is C20H26N2O3. The van der Waals surface area contributed by atoms with E-state index in [1.54, 1.807) is 7.11 Å². The molecule has 5 heteroatoms. The number of nitrogens with one attached hydrogen (secondary N) is 2. The predicted octanol–water partition coefficient (Wildman–Crippen LogP) is 3.31. The molecule has 0 atom stereocenters. The molecule has 0 bridgehead atoms. The first kappa shape index (κ1) is 18.6. The second-order valence-corrected chi connectivity index (χ2v) is 5.77. The average Bonchev–Trinajstić information content (AvgIpc) is 2.64. The Morgan fingerprint density at radius 2 is 1.76 bits per heavy atom. The molecule has 2 aromatic rings. The third-order valence-electron chi connectivity index (χ3n) is 3.73. The topological polar surface area (TPSA) is 59.6 Å². The lowest BCUT2D eigenvalue weighted by molar-refractivity contribution is 0.235. The number of rotatable bonds is 9. The molecule has 0 heterocycles. The van der Waals surface area contributed by atoms with Crippen molar-refractivity contribution in [1.82, 2.24) is 10.6 Å². The van der Waals surface area contributed by atoms with E-state index in [4.69, 9.17) is 9.47 Å². The molecule has 2 aromatic carbocycles. The summed E-state index contributed by atoms with van der Waals surface area (Å²) >= 11 is 0. The highest BCUT2D eigenvalue weighted by Crippen LogP contribution is 2.27. The fraction of sp³-hybridized carbons (Fsp3) is 0.350. The summed E-state index contributed by atoms with van der Waals surface area (Å²) in [5, 5.41) is 5.64. The van der Waals surface area contributed by atoms with Crippen LogP contribution in [0.5, 0.6) is 11.5 Å². The lowest BCUT2D eigenvalue weighted by atomic mass is 10.1.